The Morgan fingerprint density at radius 3 is 1.91 bits per heavy atom. The number of amides is 4. The van der Waals surface area contributed by atoms with Gasteiger partial charge in [-0.3, -0.25) is 24.0 Å². The summed E-state index contributed by atoms with van der Waals surface area (Å²) in [7, 11) is 0. The molecule has 0 saturated carbocycles. The molecule has 0 unspecified atom stereocenters. The number of rotatable bonds is 30. The van der Waals surface area contributed by atoms with Crippen molar-refractivity contribution in [3.05, 3.63) is 114 Å². The number of nitrogens with zero attached hydrogens (tertiary/aromatic N) is 2. The van der Waals surface area contributed by atoms with Gasteiger partial charge in [-0.2, -0.15) is 4.79 Å². The fourth-order valence-electron chi connectivity index (χ4n) is 7.06. The number of fused-ring (bicyclic) bond motifs is 3. The van der Waals surface area contributed by atoms with Gasteiger partial charge in [-0.25, -0.2) is 4.79 Å². The van der Waals surface area contributed by atoms with Crippen molar-refractivity contribution < 1.29 is 57.2 Å². The van der Waals surface area contributed by atoms with Crippen LogP contribution in [0, 0.1) is 5.92 Å². The average Bonchev–Trinajstić information content (AvgIpc) is 3.62. The first-order valence-electron chi connectivity index (χ1n) is 21.7. The SMILES string of the molecule is C=CCOC(=O)CCOCCOCCOCCNC(=O)[C@H](Cc1ccccc1)NC(=O)[C@H](CCC(=O)C=[N+]=[N-])NC(=O)[C@H](CC(C)C)NC(=O)OCC1c2ccccc2-c2ccccc21. The summed E-state index contributed by atoms with van der Waals surface area (Å²) < 4.78 is 27.0. The lowest BCUT2D eigenvalue weighted by atomic mass is 9.98. The van der Waals surface area contributed by atoms with Crippen LogP contribution in [0.15, 0.2) is 91.5 Å². The fraction of sp³-hybridized carbons (Fsp3) is 0.438. The van der Waals surface area contributed by atoms with Crippen molar-refractivity contribution in [2.75, 3.05) is 59.4 Å². The second-order valence-electron chi connectivity index (χ2n) is 15.6. The van der Waals surface area contributed by atoms with Gasteiger partial charge in [0.05, 0.1) is 46.1 Å². The Morgan fingerprint density at radius 1 is 0.692 bits per heavy atom. The molecule has 0 saturated heterocycles. The number of nitrogens with one attached hydrogen (secondary N) is 4. The van der Waals surface area contributed by atoms with Gasteiger partial charge in [0.2, 0.25) is 23.5 Å². The molecule has 4 rings (SSSR count). The van der Waals surface area contributed by atoms with Crippen LogP contribution in [0.5, 0.6) is 0 Å². The number of ether oxygens (including phenoxy) is 5. The van der Waals surface area contributed by atoms with E-state index in [4.69, 9.17) is 29.2 Å². The largest absolute Gasteiger partial charge is 0.461 e. The molecule has 17 heteroatoms. The number of ketones is 1. The fourth-order valence-corrected chi connectivity index (χ4v) is 7.06. The van der Waals surface area contributed by atoms with E-state index in [0.717, 1.165) is 27.8 Å². The van der Waals surface area contributed by atoms with Crippen molar-refractivity contribution in [1.29, 1.82) is 0 Å². The smallest absolute Gasteiger partial charge is 0.407 e. The van der Waals surface area contributed by atoms with Gasteiger partial charge >= 0.3 is 18.3 Å². The zero-order valence-corrected chi connectivity index (χ0v) is 37.0. The van der Waals surface area contributed by atoms with Gasteiger partial charge in [0.15, 0.2) is 0 Å². The summed E-state index contributed by atoms with van der Waals surface area (Å²) in [6.45, 7) is 8.95. The number of carbonyl (C=O) groups excluding carboxylic acids is 6. The summed E-state index contributed by atoms with van der Waals surface area (Å²) in [6, 6.07) is 21.3. The zero-order valence-electron chi connectivity index (χ0n) is 37.0. The molecule has 0 spiro atoms. The summed E-state index contributed by atoms with van der Waals surface area (Å²) in [5.74, 6) is -3.22. The van der Waals surface area contributed by atoms with Gasteiger partial charge in [-0.1, -0.05) is 105 Å². The number of benzene rings is 3. The maximum Gasteiger partial charge on any atom is 0.407 e. The molecule has 1 aliphatic carbocycles. The van der Waals surface area contributed by atoms with Gasteiger partial charge < -0.3 is 50.5 Å². The zero-order chi connectivity index (χ0) is 46.8. The van der Waals surface area contributed by atoms with Gasteiger partial charge in [0, 0.05) is 25.3 Å². The van der Waals surface area contributed by atoms with E-state index in [9.17, 15) is 28.8 Å². The van der Waals surface area contributed by atoms with Gasteiger partial charge in [-0.15, -0.1) is 0 Å². The minimum absolute atomic E-state index is 0.0246. The van der Waals surface area contributed by atoms with E-state index in [2.05, 4.69) is 32.6 Å². The van der Waals surface area contributed by atoms with Crippen molar-refractivity contribution in [3.8, 4) is 11.1 Å². The highest BCUT2D eigenvalue weighted by molar-refractivity contribution is 6.25. The summed E-state index contributed by atoms with van der Waals surface area (Å²) in [4.78, 5) is 81.5. The molecule has 4 N–H and O–H groups in total. The van der Waals surface area contributed by atoms with Gasteiger partial charge in [0.25, 0.3) is 0 Å². The van der Waals surface area contributed by atoms with Gasteiger partial charge in [-0.05, 0) is 46.6 Å². The second kappa shape index (κ2) is 28.3. The van der Waals surface area contributed by atoms with Crippen LogP contribution in [-0.4, -0.2) is 124 Å². The number of carbonyl (C=O) groups is 6. The maximum atomic E-state index is 14.0. The standard InChI is InChI=1S/C48H60N6O11/c1-4-22-64-44(56)20-23-61-25-27-63-28-26-62-24-21-50-45(57)43(30-34-12-6-5-7-13-34)53-46(58)41(19-18-35(55)31-51-49)52-47(59)42(29-33(2)3)54-48(60)65-32-40-38-16-10-8-14-36(38)37-15-9-11-17-39(37)40/h4-17,31,33,40-43H,1,18-30,32H2,2-3H3,(H,50,57)(H,52,59)(H,53,58)(H,54,60)/t41-,42-,43-/m0/s1. The molecule has 3 atom stereocenters. The van der Waals surface area contributed by atoms with Gasteiger partial charge in [0.1, 0.15) is 31.3 Å². The van der Waals surface area contributed by atoms with Crippen LogP contribution >= 0.6 is 0 Å². The molecule has 348 valence electrons. The molecule has 0 fully saturated rings. The third-order valence-corrected chi connectivity index (χ3v) is 10.2. The molecule has 0 radical (unpaired) electrons. The van der Waals surface area contributed by atoms with Crippen LogP contribution in [0.4, 0.5) is 4.79 Å². The number of esters is 1. The van der Waals surface area contributed by atoms with Crippen LogP contribution < -0.4 is 21.3 Å². The van der Waals surface area contributed by atoms with Crippen LogP contribution in [0.25, 0.3) is 16.7 Å². The van der Waals surface area contributed by atoms with Crippen molar-refractivity contribution in [2.45, 2.75) is 70.0 Å². The minimum Gasteiger partial charge on any atom is -0.461 e. The predicted octanol–water partition coefficient (Wildman–Crippen LogP) is 4.09. The molecule has 65 heavy (non-hydrogen) atoms. The lowest BCUT2D eigenvalue weighted by Crippen LogP contribution is -2.57. The molecule has 3 aromatic rings. The van der Waals surface area contributed by atoms with E-state index in [1.54, 1.807) is 24.3 Å². The third-order valence-electron chi connectivity index (χ3n) is 10.2. The number of hydrogen-bond acceptors (Lipinski definition) is 11. The monoisotopic (exact) mass is 896 g/mol. The Kier molecular flexibility index (Phi) is 22.3. The maximum absolute atomic E-state index is 14.0. The first-order chi connectivity index (χ1) is 31.5. The topological polar surface area (TPSA) is 233 Å². The van der Waals surface area contributed by atoms with Crippen LogP contribution in [0.1, 0.15) is 62.1 Å². The molecular formula is C48H60N6O11. The third kappa shape index (κ3) is 17.9. The molecule has 1 aliphatic rings. The Labute approximate surface area is 379 Å². The summed E-state index contributed by atoms with van der Waals surface area (Å²) >= 11 is 0. The molecule has 0 aromatic heterocycles. The first kappa shape index (κ1) is 51.1. The molecule has 17 nitrogen and oxygen atoms in total. The Hall–Kier alpha value is -6.52. The number of alkyl carbamates (subject to hydrolysis) is 1. The Balaban J connectivity index is 1.33. The molecular weight excluding hydrogens is 837 g/mol. The van der Waals surface area contributed by atoms with E-state index in [-0.39, 0.29) is 103 Å². The lowest BCUT2D eigenvalue weighted by Gasteiger charge is -2.26. The van der Waals surface area contributed by atoms with E-state index in [1.165, 1.54) is 6.08 Å². The normalized spacial score (nSPS) is 12.9. The van der Waals surface area contributed by atoms with Crippen molar-refractivity contribution in [1.82, 2.24) is 21.3 Å². The second-order valence-corrected chi connectivity index (χ2v) is 15.6. The summed E-state index contributed by atoms with van der Waals surface area (Å²) in [6.07, 6.45) is 1.28. The minimum atomic E-state index is -1.34. The Morgan fingerprint density at radius 2 is 1.28 bits per heavy atom. The first-order valence-corrected chi connectivity index (χ1v) is 21.7. The molecule has 0 aliphatic heterocycles. The van der Waals surface area contributed by atoms with E-state index >= 15 is 0 Å². The highest BCUT2D eigenvalue weighted by Gasteiger charge is 2.33. The van der Waals surface area contributed by atoms with Crippen LogP contribution in [0.2, 0.25) is 0 Å². The number of Topliss-reactive ketones (excluding diaryl/α,β-unsaturated/α-hetero) is 1. The van der Waals surface area contributed by atoms with Crippen molar-refractivity contribution >= 4 is 41.8 Å². The van der Waals surface area contributed by atoms with E-state index in [0.29, 0.717) is 12.8 Å². The lowest BCUT2D eigenvalue weighted by molar-refractivity contribution is -0.143. The summed E-state index contributed by atoms with van der Waals surface area (Å²) in [5, 5.41) is 10.9. The van der Waals surface area contributed by atoms with Crippen LogP contribution in [0.3, 0.4) is 0 Å². The average molecular weight is 897 g/mol. The van der Waals surface area contributed by atoms with Crippen molar-refractivity contribution in [2.24, 2.45) is 5.92 Å². The number of hydrogen-bond donors (Lipinski definition) is 4. The van der Waals surface area contributed by atoms with E-state index in [1.807, 2.05) is 68.4 Å². The quantitative estimate of drug-likeness (QED) is 0.0186. The molecule has 4 amide bonds. The van der Waals surface area contributed by atoms with E-state index < -0.39 is 47.7 Å². The Bertz CT molecular complexity index is 2050. The van der Waals surface area contributed by atoms with Crippen molar-refractivity contribution in [3.63, 3.8) is 0 Å². The molecule has 0 heterocycles. The highest BCUT2D eigenvalue weighted by atomic mass is 16.6. The predicted molar refractivity (Wildman–Crippen MR) is 241 cm³/mol. The van der Waals surface area contributed by atoms with Crippen LogP contribution in [-0.2, 0) is 54.1 Å². The molecule has 3 aromatic carbocycles. The highest BCUT2D eigenvalue weighted by Crippen LogP contribution is 2.44. The molecule has 0 bridgehead atoms. The summed E-state index contributed by atoms with van der Waals surface area (Å²) in [5.41, 5.74) is 13.8.